The molecule has 0 spiro atoms. The van der Waals surface area contributed by atoms with Crippen LogP contribution in [0.4, 0.5) is 5.82 Å². The lowest BCUT2D eigenvalue weighted by molar-refractivity contribution is 0.0807. The molecule has 1 aliphatic heterocycles. The van der Waals surface area contributed by atoms with Gasteiger partial charge in [-0.2, -0.15) is 10.5 Å². The molecule has 0 amide bonds. The van der Waals surface area contributed by atoms with Crippen LogP contribution in [0.25, 0.3) is 11.1 Å². The quantitative estimate of drug-likeness (QED) is 0.473. The molecule has 3 rings (SSSR count). The largest absolute Gasteiger partial charge is 0.485 e. The van der Waals surface area contributed by atoms with Crippen LogP contribution in [0.3, 0.4) is 0 Å². The van der Waals surface area contributed by atoms with Crippen LogP contribution in [0, 0.1) is 27.3 Å². The van der Waals surface area contributed by atoms with Crippen molar-refractivity contribution in [3.63, 3.8) is 0 Å². The minimum Gasteiger partial charge on any atom is -0.485 e. The van der Waals surface area contributed by atoms with Gasteiger partial charge in [0.2, 0.25) is 0 Å². The molecule has 0 bridgehead atoms. The van der Waals surface area contributed by atoms with Crippen LogP contribution in [0.1, 0.15) is 31.9 Å². The van der Waals surface area contributed by atoms with Gasteiger partial charge >= 0.3 is 0 Å². The fourth-order valence-electron chi connectivity index (χ4n) is 3.30. The molecule has 2 atom stereocenters. The minimum atomic E-state index is -1.96. The average Bonchev–Trinajstić information content (AvgIpc) is 3.13. The van der Waals surface area contributed by atoms with Gasteiger partial charge in [0.05, 0.1) is 18.8 Å². The third-order valence-electron chi connectivity index (χ3n) is 6.13. The van der Waals surface area contributed by atoms with Gasteiger partial charge in [-0.1, -0.05) is 45.1 Å². The maximum atomic E-state index is 9.56. The van der Waals surface area contributed by atoms with Gasteiger partial charge in [-0.3, -0.25) is 0 Å². The molecule has 2 heterocycles. The summed E-state index contributed by atoms with van der Waals surface area (Å²) >= 11 is 5.22. The van der Waals surface area contributed by atoms with Crippen LogP contribution < -0.4 is 10.5 Å². The Labute approximate surface area is 194 Å². The van der Waals surface area contributed by atoms with Crippen molar-refractivity contribution in [1.82, 2.24) is 4.98 Å². The second kappa shape index (κ2) is 9.05. The normalized spacial score (nSPS) is 18.7. The molecule has 32 heavy (non-hydrogen) atoms. The van der Waals surface area contributed by atoms with E-state index in [2.05, 4.69) is 51.0 Å². The molecule has 168 valence electrons. The number of rotatable bonds is 5. The average molecular weight is 469 g/mol. The molecular weight excluding hydrogens is 440 g/mol. The van der Waals surface area contributed by atoms with E-state index in [1.165, 1.54) is 0 Å². The number of benzene rings is 1. The molecule has 1 aliphatic rings. The van der Waals surface area contributed by atoms with Gasteiger partial charge in [-0.05, 0) is 35.8 Å². The molecule has 7 nitrogen and oxygen atoms in total. The number of ether oxygens (including phenoxy) is 2. The van der Waals surface area contributed by atoms with Gasteiger partial charge in [0, 0.05) is 5.56 Å². The summed E-state index contributed by atoms with van der Waals surface area (Å²) in [4.78, 5) is 2.71. The fraction of sp³-hybridized carbons (Fsp3) is 0.435. The minimum absolute atomic E-state index is 0.0944. The molecule has 1 fully saturated rings. The van der Waals surface area contributed by atoms with E-state index in [4.69, 9.17) is 31.9 Å². The Balaban J connectivity index is 1.84. The van der Waals surface area contributed by atoms with Crippen LogP contribution >= 0.6 is 12.2 Å². The monoisotopic (exact) mass is 468 g/mol. The van der Waals surface area contributed by atoms with E-state index in [0.717, 1.165) is 0 Å². The van der Waals surface area contributed by atoms with Gasteiger partial charge in [0.15, 0.2) is 8.32 Å². The second-order valence-corrected chi connectivity index (χ2v) is 14.5. The highest BCUT2D eigenvalue weighted by molar-refractivity contribution is 7.71. The van der Waals surface area contributed by atoms with E-state index in [9.17, 15) is 10.5 Å². The van der Waals surface area contributed by atoms with Crippen molar-refractivity contribution in [2.75, 3.05) is 18.9 Å². The number of nitrogens with zero attached hydrogens (tertiary/aromatic N) is 2. The molecule has 3 N–H and O–H groups in total. The number of H-pyrrole nitrogens is 1. The molecule has 9 heteroatoms. The number of anilines is 1. The molecule has 1 saturated heterocycles. The first kappa shape index (κ1) is 24.0. The first-order valence-electron chi connectivity index (χ1n) is 10.4. The Hall–Kier alpha value is -2.69. The van der Waals surface area contributed by atoms with E-state index in [-0.39, 0.29) is 38.8 Å². The number of hydrogen-bond donors (Lipinski definition) is 2. The third kappa shape index (κ3) is 4.72. The van der Waals surface area contributed by atoms with Crippen LogP contribution in [0.2, 0.25) is 18.1 Å². The standard InChI is InChI=1S/C23H28N4O3SSi/c1-23(2,3)32(4,5)30-19-13-28-12-18(19)29-15-8-6-14(7-9-15)20-16(10-24)21(26)27-22(31)17(20)11-25/h6-9,18-19H,12-13H2,1-5H3,(H3,26,27,31)/t18-,19-/m1/s1. The lowest BCUT2D eigenvalue weighted by Crippen LogP contribution is -2.47. The van der Waals surface area contributed by atoms with E-state index >= 15 is 0 Å². The summed E-state index contributed by atoms with van der Waals surface area (Å²) in [6.07, 6.45) is -0.335. The van der Waals surface area contributed by atoms with Crippen molar-refractivity contribution >= 4 is 26.4 Å². The SMILES string of the molecule is CC(C)(C)[Si](C)(C)O[C@@H]1COC[C@H]1Oc1ccc(-c2c(C#N)c(N)[nH]c(=S)c2C#N)cc1. The summed E-state index contributed by atoms with van der Waals surface area (Å²) in [6, 6.07) is 11.3. The number of nitrogens with two attached hydrogens (primary N) is 1. The van der Waals surface area contributed by atoms with Gasteiger partial charge < -0.3 is 24.6 Å². The lowest BCUT2D eigenvalue weighted by atomic mass is 9.97. The van der Waals surface area contributed by atoms with Gasteiger partial charge in [0.1, 0.15) is 46.1 Å². The maximum absolute atomic E-state index is 9.56. The highest BCUT2D eigenvalue weighted by Gasteiger charge is 2.43. The number of aromatic amines is 1. The van der Waals surface area contributed by atoms with E-state index in [1.807, 2.05) is 0 Å². The van der Waals surface area contributed by atoms with E-state index < -0.39 is 8.32 Å². The summed E-state index contributed by atoms with van der Waals surface area (Å²) in [6.45, 7) is 12.0. The number of pyridine rings is 1. The van der Waals surface area contributed by atoms with E-state index in [0.29, 0.717) is 30.1 Å². The van der Waals surface area contributed by atoms with Gasteiger partial charge in [0.25, 0.3) is 0 Å². The van der Waals surface area contributed by atoms with Gasteiger partial charge in [-0.25, -0.2) is 0 Å². The molecule has 1 aromatic carbocycles. The van der Waals surface area contributed by atoms with Crippen molar-refractivity contribution < 1.29 is 13.9 Å². The van der Waals surface area contributed by atoms with Crippen molar-refractivity contribution in [3.05, 3.63) is 40.0 Å². The van der Waals surface area contributed by atoms with Crippen LogP contribution in [0.5, 0.6) is 5.75 Å². The summed E-state index contributed by atoms with van der Waals surface area (Å²) < 4.78 is 18.6. The van der Waals surface area contributed by atoms with Crippen LogP contribution in [-0.4, -0.2) is 38.7 Å². The molecule has 0 unspecified atom stereocenters. The number of nitriles is 2. The van der Waals surface area contributed by atoms with Crippen molar-refractivity contribution in [2.45, 2.75) is 51.1 Å². The summed E-state index contributed by atoms with van der Waals surface area (Å²) in [5.41, 5.74) is 7.41. The number of nitrogen functional groups attached to an aromatic ring is 1. The molecule has 1 aromatic heterocycles. The van der Waals surface area contributed by atoms with Crippen molar-refractivity contribution in [3.8, 4) is 29.0 Å². The number of hydrogen-bond acceptors (Lipinski definition) is 7. The fourth-order valence-corrected chi connectivity index (χ4v) is 4.88. The van der Waals surface area contributed by atoms with Crippen molar-refractivity contribution in [2.24, 2.45) is 0 Å². The maximum Gasteiger partial charge on any atom is 0.192 e. The topological polar surface area (TPSA) is 117 Å². The zero-order valence-corrected chi connectivity index (χ0v) is 20.8. The lowest BCUT2D eigenvalue weighted by Gasteiger charge is -2.39. The smallest absolute Gasteiger partial charge is 0.192 e. The first-order valence-corrected chi connectivity index (χ1v) is 13.7. The molecule has 0 saturated carbocycles. The number of aromatic nitrogens is 1. The zero-order chi connectivity index (χ0) is 23.7. The molecule has 2 aromatic rings. The van der Waals surface area contributed by atoms with Crippen LogP contribution in [0.15, 0.2) is 24.3 Å². The Morgan fingerprint density at radius 2 is 1.69 bits per heavy atom. The Morgan fingerprint density at radius 1 is 1.09 bits per heavy atom. The van der Waals surface area contributed by atoms with E-state index in [1.54, 1.807) is 24.3 Å². The summed E-state index contributed by atoms with van der Waals surface area (Å²) in [5, 5.41) is 19.2. The highest BCUT2D eigenvalue weighted by Crippen LogP contribution is 2.38. The molecular formula is C23H28N4O3SSi. The van der Waals surface area contributed by atoms with Gasteiger partial charge in [-0.15, -0.1) is 0 Å². The Morgan fingerprint density at radius 3 is 2.25 bits per heavy atom. The summed E-state index contributed by atoms with van der Waals surface area (Å²) in [5.74, 6) is 0.791. The predicted molar refractivity (Wildman–Crippen MR) is 128 cm³/mol. The highest BCUT2D eigenvalue weighted by atomic mass is 32.1. The Bertz CT molecular complexity index is 1140. The third-order valence-corrected chi connectivity index (χ3v) is 10.9. The van der Waals surface area contributed by atoms with Crippen molar-refractivity contribution in [1.29, 1.82) is 10.5 Å². The molecule has 0 radical (unpaired) electrons. The zero-order valence-electron chi connectivity index (χ0n) is 19.0. The predicted octanol–water partition coefficient (Wildman–Crippen LogP) is 4.90. The first-order chi connectivity index (χ1) is 15.0. The van der Waals surface area contributed by atoms with Crippen LogP contribution in [-0.2, 0) is 9.16 Å². The Kier molecular flexibility index (Phi) is 6.77. The molecule has 0 aliphatic carbocycles. The summed E-state index contributed by atoms with van der Waals surface area (Å²) in [7, 11) is -1.96. The number of nitrogens with one attached hydrogen (secondary N) is 1. The second-order valence-electron chi connectivity index (χ2n) is 9.35.